The number of hydrogen-bond donors (Lipinski definition) is 1. The second-order valence-corrected chi connectivity index (χ2v) is 9.19. The Morgan fingerprint density at radius 1 is 0.694 bits per heavy atom. The first-order valence-corrected chi connectivity index (χ1v) is 12.6. The molecule has 0 bridgehead atoms. The molecule has 0 radical (unpaired) electrons. The molecule has 0 spiro atoms. The van der Waals surface area contributed by atoms with Gasteiger partial charge in [-0.05, 0) is 34.4 Å². The van der Waals surface area contributed by atoms with Crippen molar-refractivity contribution in [3.63, 3.8) is 0 Å². The van der Waals surface area contributed by atoms with Crippen LogP contribution in [0, 0.1) is 0 Å². The average Bonchev–Trinajstić information content (AvgIpc) is 2.95. The molecular weight excluding hydrogens is 464 g/mol. The summed E-state index contributed by atoms with van der Waals surface area (Å²) in [5, 5.41) is -0.0971. The highest BCUT2D eigenvalue weighted by molar-refractivity contribution is 7.81. The summed E-state index contributed by atoms with van der Waals surface area (Å²) >= 11 is 4.79. The highest BCUT2D eigenvalue weighted by Gasteiger charge is 2.38. The van der Waals surface area contributed by atoms with E-state index < -0.39 is 5.60 Å². The zero-order valence-corrected chi connectivity index (χ0v) is 21.4. The smallest absolute Gasteiger partial charge is 0.143 e. The van der Waals surface area contributed by atoms with Crippen LogP contribution in [0.5, 0.6) is 5.75 Å². The minimum Gasteiger partial charge on any atom is -0.497 e. The lowest BCUT2D eigenvalue weighted by molar-refractivity contribution is 0.00458. The maximum atomic E-state index is 6.83. The Morgan fingerprint density at radius 3 is 1.78 bits per heavy atom. The second kappa shape index (κ2) is 13.1. The Labute approximate surface area is 219 Å². The van der Waals surface area contributed by atoms with Gasteiger partial charge in [-0.15, -0.1) is 0 Å². The molecule has 1 atom stereocenters. The Hall–Kier alpha value is -3.31. The second-order valence-electron chi connectivity index (χ2n) is 8.46. The van der Waals surface area contributed by atoms with E-state index >= 15 is 0 Å². The van der Waals surface area contributed by atoms with E-state index in [1.165, 1.54) is 0 Å². The van der Waals surface area contributed by atoms with E-state index in [0.29, 0.717) is 19.8 Å². The van der Waals surface area contributed by atoms with Crippen molar-refractivity contribution >= 4 is 18.7 Å². The lowest BCUT2D eigenvalue weighted by Crippen LogP contribution is -2.35. The van der Waals surface area contributed by atoms with Gasteiger partial charge in [-0.25, -0.2) is 0 Å². The van der Waals surface area contributed by atoms with Crippen LogP contribution in [-0.2, 0) is 15.1 Å². The Balaban J connectivity index is 1.53. The van der Waals surface area contributed by atoms with Crippen LogP contribution in [0.3, 0.4) is 0 Å². The summed E-state index contributed by atoms with van der Waals surface area (Å²) in [4.78, 5) is 0. The number of thiol groups is 1. The van der Waals surface area contributed by atoms with E-state index in [1.807, 2.05) is 72.8 Å². The summed E-state index contributed by atoms with van der Waals surface area (Å²) in [6, 6.07) is 38.9. The fourth-order valence-corrected chi connectivity index (χ4v) is 4.39. The SMILES string of the molecule is COc1ccc(C(OC[C@@H](S)COC/C=C/c2ccccc2)(c2ccccc2)c2ccccc2)cc1. The van der Waals surface area contributed by atoms with Crippen molar-refractivity contribution in [2.45, 2.75) is 10.9 Å². The lowest BCUT2D eigenvalue weighted by Gasteiger charge is -2.36. The standard InChI is InChI=1S/C32H32O3S/c1-33-30-21-19-29(20-22-30)32(27-15-7-3-8-16-27,28-17-9-4-10-18-28)35-25-31(36)24-34-23-11-14-26-12-5-2-6-13-26/h2-22,31,36H,23-25H2,1H3/b14-11+/t31-/m0/s1. The van der Waals surface area contributed by atoms with Gasteiger partial charge in [0.25, 0.3) is 0 Å². The number of rotatable bonds is 12. The van der Waals surface area contributed by atoms with Crippen LogP contribution in [0.1, 0.15) is 22.3 Å². The van der Waals surface area contributed by atoms with Gasteiger partial charge in [-0.1, -0.05) is 115 Å². The third kappa shape index (κ3) is 6.46. The van der Waals surface area contributed by atoms with Gasteiger partial charge in [0.05, 0.1) is 26.9 Å². The van der Waals surface area contributed by atoms with E-state index in [4.69, 9.17) is 26.8 Å². The zero-order chi connectivity index (χ0) is 25.1. The van der Waals surface area contributed by atoms with Gasteiger partial charge in [0.1, 0.15) is 11.4 Å². The Kier molecular flexibility index (Phi) is 9.40. The molecule has 0 aliphatic rings. The quantitative estimate of drug-likeness (QED) is 0.130. The number of benzene rings is 4. The summed E-state index contributed by atoms with van der Waals surface area (Å²) in [5.41, 5.74) is 3.47. The minimum absolute atomic E-state index is 0.0971. The maximum Gasteiger partial charge on any atom is 0.143 e. The van der Waals surface area contributed by atoms with Crippen molar-refractivity contribution in [1.82, 2.24) is 0 Å². The molecule has 4 aromatic rings. The van der Waals surface area contributed by atoms with Gasteiger partial charge in [0.15, 0.2) is 0 Å². The third-order valence-corrected chi connectivity index (χ3v) is 6.28. The molecule has 0 N–H and O–H groups in total. The van der Waals surface area contributed by atoms with Crippen LogP contribution < -0.4 is 4.74 Å². The average molecular weight is 497 g/mol. The largest absolute Gasteiger partial charge is 0.497 e. The van der Waals surface area contributed by atoms with E-state index in [2.05, 4.69) is 54.6 Å². The lowest BCUT2D eigenvalue weighted by atomic mass is 9.80. The van der Waals surface area contributed by atoms with E-state index in [1.54, 1.807) is 7.11 Å². The molecule has 184 valence electrons. The van der Waals surface area contributed by atoms with E-state index in [9.17, 15) is 0 Å². The summed E-state index contributed by atoms with van der Waals surface area (Å²) in [6.07, 6.45) is 4.08. The van der Waals surface area contributed by atoms with Gasteiger partial charge >= 0.3 is 0 Å². The predicted molar refractivity (Wildman–Crippen MR) is 151 cm³/mol. The van der Waals surface area contributed by atoms with Crippen LogP contribution in [0.15, 0.2) is 121 Å². The van der Waals surface area contributed by atoms with Gasteiger partial charge in [0.2, 0.25) is 0 Å². The van der Waals surface area contributed by atoms with Gasteiger partial charge in [-0.2, -0.15) is 12.6 Å². The van der Waals surface area contributed by atoms with Crippen LogP contribution in [0.2, 0.25) is 0 Å². The molecule has 0 amide bonds. The molecule has 4 rings (SSSR count). The third-order valence-electron chi connectivity index (χ3n) is 5.98. The van der Waals surface area contributed by atoms with Crippen LogP contribution in [-0.4, -0.2) is 32.2 Å². The molecule has 0 aromatic heterocycles. The fourth-order valence-electron chi connectivity index (χ4n) is 4.21. The molecule has 4 aromatic carbocycles. The molecule has 0 unspecified atom stereocenters. The van der Waals surface area contributed by atoms with Crippen molar-refractivity contribution in [1.29, 1.82) is 0 Å². The fraction of sp³-hybridized carbons (Fsp3) is 0.188. The van der Waals surface area contributed by atoms with E-state index in [-0.39, 0.29) is 5.25 Å². The maximum absolute atomic E-state index is 6.83. The molecule has 3 nitrogen and oxygen atoms in total. The van der Waals surface area contributed by atoms with Crippen LogP contribution in [0.25, 0.3) is 6.08 Å². The van der Waals surface area contributed by atoms with Crippen molar-refractivity contribution in [2.24, 2.45) is 0 Å². The molecule has 0 heterocycles. The first kappa shape index (κ1) is 25.8. The molecule has 0 saturated carbocycles. The highest BCUT2D eigenvalue weighted by Crippen LogP contribution is 2.41. The Morgan fingerprint density at radius 2 is 1.22 bits per heavy atom. The molecule has 4 heteroatoms. The topological polar surface area (TPSA) is 27.7 Å². The zero-order valence-electron chi connectivity index (χ0n) is 20.5. The summed E-state index contributed by atoms with van der Waals surface area (Å²) < 4.78 is 18.1. The molecule has 0 fully saturated rings. The van der Waals surface area contributed by atoms with E-state index in [0.717, 1.165) is 28.0 Å². The van der Waals surface area contributed by atoms with Crippen molar-refractivity contribution < 1.29 is 14.2 Å². The summed E-state index contributed by atoms with van der Waals surface area (Å²) in [7, 11) is 1.67. The van der Waals surface area contributed by atoms with Gasteiger partial charge in [0, 0.05) is 5.25 Å². The van der Waals surface area contributed by atoms with Crippen LogP contribution >= 0.6 is 12.6 Å². The number of ether oxygens (including phenoxy) is 3. The molecule has 36 heavy (non-hydrogen) atoms. The predicted octanol–water partition coefficient (Wildman–Crippen LogP) is 7.03. The molecule has 0 aliphatic carbocycles. The number of hydrogen-bond acceptors (Lipinski definition) is 4. The minimum atomic E-state index is -0.803. The molecule has 0 aliphatic heterocycles. The first-order chi connectivity index (χ1) is 17.7. The summed E-state index contributed by atoms with van der Waals surface area (Å²) in [6.45, 7) is 1.40. The van der Waals surface area contributed by atoms with Crippen molar-refractivity contribution in [3.05, 3.63) is 144 Å². The van der Waals surface area contributed by atoms with Crippen molar-refractivity contribution in [3.8, 4) is 5.75 Å². The van der Waals surface area contributed by atoms with Crippen molar-refractivity contribution in [2.75, 3.05) is 26.9 Å². The molecule has 0 saturated heterocycles. The van der Waals surface area contributed by atoms with Crippen LogP contribution in [0.4, 0.5) is 0 Å². The van der Waals surface area contributed by atoms with Gasteiger partial charge < -0.3 is 14.2 Å². The molecular formula is C32H32O3S. The highest BCUT2D eigenvalue weighted by atomic mass is 32.1. The first-order valence-electron chi connectivity index (χ1n) is 12.1. The number of methoxy groups -OCH3 is 1. The summed E-state index contributed by atoms with van der Waals surface area (Å²) in [5.74, 6) is 0.804. The normalized spacial score (nSPS) is 12.5. The monoisotopic (exact) mass is 496 g/mol. The Bertz CT molecular complexity index is 1150. The van der Waals surface area contributed by atoms with Gasteiger partial charge in [-0.3, -0.25) is 0 Å².